The summed E-state index contributed by atoms with van der Waals surface area (Å²) in [6, 6.07) is 8.39. The molecule has 0 aromatic heterocycles. The van der Waals surface area contributed by atoms with Crippen LogP contribution in [-0.2, 0) is 0 Å². The van der Waals surface area contributed by atoms with E-state index in [0.29, 0.717) is 0 Å². The molecule has 0 bridgehead atoms. The number of benzene rings is 1. The monoisotopic (exact) mass is 316 g/mol. The van der Waals surface area contributed by atoms with Gasteiger partial charge in [0.1, 0.15) is 12.4 Å². The van der Waals surface area contributed by atoms with Gasteiger partial charge in [0.05, 0.1) is 0 Å². The maximum absolute atomic E-state index is 5.94. The summed E-state index contributed by atoms with van der Waals surface area (Å²) in [6.45, 7) is 5.35. The summed E-state index contributed by atoms with van der Waals surface area (Å²) in [5.41, 5.74) is 0. The SMILES string of the molecule is Cl.Clc1cccc(OCCN2CCC3NCCC3C2)c1. The van der Waals surface area contributed by atoms with Crippen LogP contribution in [0.3, 0.4) is 0 Å². The van der Waals surface area contributed by atoms with Crippen molar-refractivity contribution < 1.29 is 4.74 Å². The minimum atomic E-state index is 0. The second kappa shape index (κ2) is 7.51. The smallest absolute Gasteiger partial charge is 0.120 e. The maximum atomic E-state index is 5.94. The van der Waals surface area contributed by atoms with Gasteiger partial charge in [0, 0.05) is 24.2 Å². The molecule has 0 spiro atoms. The van der Waals surface area contributed by atoms with E-state index in [1.54, 1.807) is 0 Å². The molecular weight excluding hydrogens is 295 g/mol. The quantitative estimate of drug-likeness (QED) is 0.924. The van der Waals surface area contributed by atoms with Gasteiger partial charge in [0.2, 0.25) is 0 Å². The summed E-state index contributed by atoms with van der Waals surface area (Å²) in [6.07, 6.45) is 2.61. The van der Waals surface area contributed by atoms with Crippen molar-refractivity contribution in [3.63, 3.8) is 0 Å². The number of ether oxygens (including phenoxy) is 1. The normalized spacial score (nSPS) is 25.9. The van der Waals surface area contributed by atoms with Crippen LogP contribution in [-0.4, -0.2) is 43.7 Å². The number of rotatable bonds is 4. The molecule has 3 nitrogen and oxygen atoms in total. The Kier molecular flexibility index (Phi) is 5.97. The van der Waals surface area contributed by atoms with E-state index >= 15 is 0 Å². The molecule has 2 aliphatic rings. The first-order valence-electron chi connectivity index (χ1n) is 7.15. The molecule has 0 saturated carbocycles. The third kappa shape index (κ3) is 4.01. The zero-order chi connectivity index (χ0) is 13.1. The topological polar surface area (TPSA) is 24.5 Å². The Morgan fingerprint density at radius 3 is 3.10 bits per heavy atom. The third-order valence-electron chi connectivity index (χ3n) is 4.21. The summed E-state index contributed by atoms with van der Waals surface area (Å²) in [7, 11) is 0. The van der Waals surface area contributed by atoms with Crippen molar-refractivity contribution >= 4 is 24.0 Å². The van der Waals surface area contributed by atoms with Crippen molar-refractivity contribution in [1.82, 2.24) is 10.2 Å². The second-order valence-electron chi connectivity index (χ2n) is 5.50. The van der Waals surface area contributed by atoms with E-state index in [0.717, 1.165) is 35.9 Å². The summed E-state index contributed by atoms with van der Waals surface area (Å²) >= 11 is 5.94. The van der Waals surface area contributed by atoms with Crippen LogP contribution in [0.25, 0.3) is 0 Å². The number of hydrogen-bond donors (Lipinski definition) is 1. The van der Waals surface area contributed by atoms with Crippen LogP contribution in [0, 0.1) is 5.92 Å². The molecule has 2 fully saturated rings. The number of fused-ring (bicyclic) bond motifs is 1. The highest BCUT2D eigenvalue weighted by molar-refractivity contribution is 6.30. The third-order valence-corrected chi connectivity index (χ3v) is 4.45. The minimum absolute atomic E-state index is 0. The van der Waals surface area contributed by atoms with Gasteiger partial charge in [-0.2, -0.15) is 0 Å². The molecule has 20 heavy (non-hydrogen) atoms. The van der Waals surface area contributed by atoms with Crippen LogP contribution in [0.1, 0.15) is 12.8 Å². The molecule has 2 heterocycles. The van der Waals surface area contributed by atoms with E-state index < -0.39 is 0 Å². The molecule has 3 rings (SSSR count). The molecule has 2 atom stereocenters. The first-order chi connectivity index (χ1) is 9.31. The van der Waals surface area contributed by atoms with Gasteiger partial charge in [0.15, 0.2) is 0 Å². The van der Waals surface area contributed by atoms with Gasteiger partial charge < -0.3 is 10.1 Å². The Labute approximate surface area is 132 Å². The first-order valence-corrected chi connectivity index (χ1v) is 7.53. The molecule has 1 aromatic carbocycles. The molecule has 2 aliphatic heterocycles. The van der Waals surface area contributed by atoms with Crippen LogP contribution in [0.5, 0.6) is 5.75 Å². The molecule has 2 saturated heterocycles. The Morgan fingerprint density at radius 1 is 1.35 bits per heavy atom. The van der Waals surface area contributed by atoms with E-state index in [2.05, 4.69) is 10.2 Å². The van der Waals surface area contributed by atoms with Crippen molar-refractivity contribution in [3.8, 4) is 5.75 Å². The van der Waals surface area contributed by atoms with E-state index in [9.17, 15) is 0 Å². The summed E-state index contributed by atoms with van der Waals surface area (Å²) < 4.78 is 5.76. The zero-order valence-electron chi connectivity index (χ0n) is 11.6. The Balaban J connectivity index is 0.00000147. The lowest BCUT2D eigenvalue weighted by molar-refractivity contribution is 0.138. The zero-order valence-corrected chi connectivity index (χ0v) is 13.1. The standard InChI is InChI=1S/C15H21ClN2O.ClH/c16-13-2-1-3-14(10-13)19-9-8-18-7-5-15-12(11-18)4-6-17-15;/h1-3,10,12,15,17H,4-9,11H2;1H. The van der Waals surface area contributed by atoms with Crippen LogP contribution in [0.4, 0.5) is 0 Å². The van der Waals surface area contributed by atoms with E-state index in [1.807, 2.05) is 24.3 Å². The lowest BCUT2D eigenvalue weighted by Crippen LogP contribution is -2.45. The number of piperidine rings is 1. The maximum Gasteiger partial charge on any atom is 0.120 e. The van der Waals surface area contributed by atoms with E-state index in [1.165, 1.54) is 32.5 Å². The molecule has 2 unspecified atom stereocenters. The fourth-order valence-electron chi connectivity index (χ4n) is 3.18. The minimum Gasteiger partial charge on any atom is -0.492 e. The Bertz CT molecular complexity index is 430. The van der Waals surface area contributed by atoms with Gasteiger partial charge in [-0.25, -0.2) is 0 Å². The fourth-order valence-corrected chi connectivity index (χ4v) is 3.36. The van der Waals surface area contributed by atoms with Crippen molar-refractivity contribution in [2.75, 3.05) is 32.8 Å². The predicted molar refractivity (Wildman–Crippen MR) is 85.1 cm³/mol. The Hall–Kier alpha value is -0.480. The molecule has 1 aromatic rings. The van der Waals surface area contributed by atoms with Gasteiger partial charge in [-0.15, -0.1) is 12.4 Å². The lowest BCUT2D eigenvalue weighted by Gasteiger charge is -2.34. The van der Waals surface area contributed by atoms with Crippen LogP contribution in [0.15, 0.2) is 24.3 Å². The first kappa shape index (κ1) is 15.9. The number of likely N-dealkylation sites (tertiary alicyclic amines) is 1. The van der Waals surface area contributed by atoms with E-state index in [-0.39, 0.29) is 12.4 Å². The molecule has 1 N–H and O–H groups in total. The van der Waals surface area contributed by atoms with Crippen molar-refractivity contribution in [1.29, 1.82) is 0 Å². The highest BCUT2D eigenvalue weighted by Gasteiger charge is 2.32. The summed E-state index contributed by atoms with van der Waals surface area (Å²) in [5.74, 6) is 1.71. The number of nitrogens with one attached hydrogen (secondary N) is 1. The molecule has 0 radical (unpaired) electrons. The molecule has 5 heteroatoms. The molecule has 0 amide bonds. The van der Waals surface area contributed by atoms with Gasteiger partial charge in [-0.3, -0.25) is 4.90 Å². The second-order valence-corrected chi connectivity index (χ2v) is 5.94. The van der Waals surface area contributed by atoms with Crippen molar-refractivity contribution in [3.05, 3.63) is 29.3 Å². The highest BCUT2D eigenvalue weighted by Crippen LogP contribution is 2.24. The van der Waals surface area contributed by atoms with E-state index in [4.69, 9.17) is 16.3 Å². The van der Waals surface area contributed by atoms with Crippen LogP contribution in [0.2, 0.25) is 5.02 Å². The van der Waals surface area contributed by atoms with Gasteiger partial charge >= 0.3 is 0 Å². The summed E-state index contributed by atoms with van der Waals surface area (Å²) in [4.78, 5) is 2.53. The predicted octanol–water partition coefficient (Wildman–Crippen LogP) is 2.82. The van der Waals surface area contributed by atoms with Crippen molar-refractivity contribution in [2.24, 2.45) is 5.92 Å². The average Bonchev–Trinajstić information content (AvgIpc) is 2.86. The van der Waals surface area contributed by atoms with Crippen molar-refractivity contribution in [2.45, 2.75) is 18.9 Å². The molecule has 112 valence electrons. The molecule has 0 aliphatic carbocycles. The Morgan fingerprint density at radius 2 is 2.25 bits per heavy atom. The summed E-state index contributed by atoms with van der Waals surface area (Å²) in [5, 5.41) is 4.33. The van der Waals surface area contributed by atoms with Crippen LogP contribution >= 0.6 is 24.0 Å². The average molecular weight is 317 g/mol. The fraction of sp³-hybridized carbons (Fsp3) is 0.600. The van der Waals surface area contributed by atoms with Gasteiger partial charge in [-0.05, 0) is 50.0 Å². The number of halogens is 2. The highest BCUT2D eigenvalue weighted by atomic mass is 35.5. The molecular formula is C15H22Cl2N2O. The number of hydrogen-bond acceptors (Lipinski definition) is 3. The lowest BCUT2D eigenvalue weighted by atomic mass is 9.93. The number of nitrogens with zero attached hydrogens (tertiary/aromatic N) is 1. The van der Waals surface area contributed by atoms with Crippen LogP contribution < -0.4 is 10.1 Å². The van der Waals surface area contributed by atoms with Gasteiger partial charge in [0.25, 0.3) is 0 Å². The largest absolute Gasteiger partial charge is 0.492 e. The van der Waals surface area contributed by atoms with Gasteiger partial charge in [-0.1, -0.05) is 17.7 Å².